The molecule has 1 atom stereocenters. The van der Waals surface area contributed by atoms with E-state index in [0.717, 1.165) is 63.3 Å². The molecule has 2 N–H and O–H groups in total. The van der Waals surface area contributed by atoms with E-state index in [9.17, 15) is 9.59 Å². The van der Waals surface area contributed by atoms with Gasteiger partial charge in [-0.25, -0.2) is 0 Å². The van der Waals surface area contributed by atoms with E-state index in [0.29, 0.717) is 6.61 Å². The Kier molecular flexibility index (Phi) is 7.08. The van der Waals surface area contributed by atoms with Crippen LogP contribution in [0.2, 0.25) is 0 Å². The van der Waals surface area contributed by atoms with Crippen LogP contribution in [0.5, 0.6) is 5.75 Å². The Morgan fingerprint density at radius 1 is 1.11 bits per heavy atom. The fourth-order valence-electron chi connectivity index (χ4n) is 3.46. The standard InChI is InChI=1S/C22H33N3O3/c1-16(2)20(23)22(27)25-13-11-24(12-14-25)10-3-15-28-19-8-6-18(7-9-19)21(26)17-4-5-17/h6-9,16-17,20H,3-5,10-15,23H2,1-2H3/t20-/m0/s1. The van der Waals surface area contributed by atoms with Crippen LogP contribution >= 0.6 is 0 Å². The molecule has 1 aromatic rings. The number of carbonyl (C=O) groups excluding carboxylic acids is 2. The Labute approximate surface area is 168 Å². The van der Waals surface area contributed by atoms with Crippen molar-refractivity contribution in [3.63, 3.8) is 0 Å². The molecule has 1 aliphatic carbocycles. The van der Waals surface area contributed by atoms with Gasteiger partial charge in [0.1, 0.15) is 5.75 Å². The van der Waals surface area contributed by atoms with Crippen LogP contribution < -0.4 is 10.5 Å². The molecule has 2 fully saturated rings. The maximum absolute atomic E-state index is 12.3. The lowest BCUT2D eigenvalue weighted by molar-refractivity contribution is -0.135. The summed E-state index contributed by atoms with van der Waals surface area (Å²) in [7, 11) is 0. The van der Waals surface area contributed by atoms with Crippen molar-refractivity contribution in [3.05, 3.63) is 29.8 Å². The highest BCUT2D eigenvalue weighted by Gasteiger charge is 2.30. The number of ether oxygens (including phenoxy) is 1. The lowest BCUT2D eigenvalue weighted by Crippen LogP contribution is -2.54. The molecular weight excluding hydrogens is 354 g/mol. The Bertz CT molecular complexity index is 662. The van der Waals surface area contributed by atoms with Crippen molar-refractivity contribution in [2.45, 2.75) is 39.2 Å². The summed E-state index contributed by atoms with van der Waals surface area (Å²) in [4.78, 5) is 28.6. The van der Waals surface area contributed by atoms with Gasteiger partial charge in [0.25, 0.3) is 0 Å². The summed E-state index contributed by atoms with van der Waals surface area (Å²) in [6.07, 6.45) is 3.00. The van der Waals surface area contributed by atoms with Crippen molar-refractivity contribution >= 4 is 11.7 Å². The SMILES string of the molecule is CC(C)[C@H](N)C(=O)N1CCN(CCCOc2ccc(C(=O)C3CC3)cc2)CC1. The van der Waals surface area contributed by atoms with Crippen LogP contribution in [0, 0.1) is 11.8 Å². The van der Waals surface area contributed by atoms with Gasteiger partial charge in [-0.3, -0.25) is 14.5 Å². The number of ketones is 1. The molecule has 1 aliphatic heterocycles. The maximum Gasteiger partial charge on any atom is 0.239 e. The summed E-state index contributed by atoms with van der Waals surface area (Å²) in [6, 6.07) is 7.11. The van der Waals surface area contributed by atoms with Crippen LogP contribution in [0.25, 0.3) is 0 Å². The van der Waals surface area contributed by atoms with Crippen molar-refractivity contribution < 1.29 is 14.3 Å². The Morgan fingerprint density at radius 2 is 1.75 bits per heavy atom. The second-order valence-corrected chi connectivity index (χ2v) is 8.30. The third-order valence-corrected chi connectivity index (χ3v) is 5.66. The van der Waals surface area contributed by atoms with Gasteiger partial charge in [0.15, 0.2) is 5.78 Å². The van der Waals surface area contributed by atoms with Crippen LogP contribution in [0.1, 0.15) is 43.5 Å². The third-order valence-electron chi connectivity index (χ3n) is 5.66. The Balaban J connectivity index is 1.32. The Morgan fingerprint density at radius 3 is 2.32 bits per heavy atom. The lowest BCUT2D eigenvalue weighted by atomic mass is 10.0. The maximum atomic E-state index is 12.3. The average Bonchev–Trinajstić information content (AvgIpc) is 3.56. The van der Waals surface area contributed by atoms with Gasteiger partial charge in [0.2, 0.25) is 5.91 Å². The number of Topliss-reactive ketones (excluding diaryl/α,β-unsaturated/α-hetero) is 1. The molecule has 0 spiro atoms. The molecule has 1 amide bonds. The number of carbonyl (C=O) groups is 2. The zero-order valence-corrected chi connectivity index (χ0v) is 17.1. The molecule has 0 bridgehead atoms. The Hall–Kier alpha value is -1.92. The van der Waals surface area contributed by atoms with Gasteiger partial charge in [-0.05, 0) is 49.4 Å². The van der Waals surface area contributed by atoms with E-state index >= 15 is 0 Å². The zero-order chi connectivity index (χ0) is 20.1. The molecule has 1 saturated heterocycles. The van der Waals surface area contributed by atoms with Crippen molar-refractivity contribution in [3.8, 4) is 5.75 Å². The summed E-state index contributed by atoms with van der Waals surface area (Å²) in [5.41, 5.74) is 6.77. The first-order chi connectivity index (χ1) is 13.5. The van der Waals surface area contributed by atoms with Crippen molar-refractivity contribution in [1.82, 2.24) is 9.80 Å². The number of nitrogens with two attached hydrogens (primary N) is 1. The molecule has 3 rings (SSSR count). The first-order valence-electron chi connectivity index (χ1n) is 10.5. The van der Waals surface area contributed by atoms with Gasteiger partial charge in [0, 0.05) is 44.2 Å². The fraction of sp³-hybridized carbons (Fsp3) is 0.636. The lowest BCUT2D eigenvalue weighted by Gasteiger charge is -2.36. The largest absolute Gasteiger partial charge is 0.494 e. The minimum atomic E-state index is -0.397. The predicted molar refractivity (Wildman–Crippen MR) is 109 cm³/mol. The number of rotatable bonds is 9. The van der Waals surface area contributed by atoms with E-state index < -0.39 is 6.04 Å². The topological polar surface area (TPSA) is 75.9 Å². The molecule has 6 heteroatoms. The predicted octanol–water partition coefficient (Wildman–Crippen LogP) is 2.18. The summed E-state index contributed by atoms with van der Waals surface area (Å²) in [5, 5.41) is 0. The minimum Gasteiger partial charge on any atom is -0.494 e. The molecule has 1 saturated carbocycles. The van der Waals surface area contributed by atoms with Crippen molar-refractivity contribution in [1.29, 1.82) is 0 Å². The van der Waals surface area contributed by atoms with E-state index in [1.165, 1.54) is 0 Å². The monoisotopic (exact) mass is 387 g/mol. The van der Waals surface area contributed by atoms with E-state index in [1.807, 2.05) is 43.0 Å². The minimum absolute atomic E-state index is 0.0709. The first kappa shape index (κ1) is 20.8. The first-order valence-corrected chi connectivity index (χ1v) is 10.5. The number of piperazine rings is 1. The quantitative estimate of drug-likeness (QED) is 0.519. The van der Waals surface area contributed by atoms with Gasteiger partial charge in [-0.15, -0.1) is 0 Å². The summed E-state index contributed by atoms with van der Waals surface area (Å²) < 4.78 is 5.81. The fourth-order valence-corrected chi connectivity index (χ4v) is 3.46. The molecule has 0 unspecified atom stereocenters. The van der Waals surface area contributed by atoms with Crippen LogP contribution in [-0.2, 0) is 4.79 Å². The second kappa shape index (κ2) is 9.52. The molecule has 1 aromatic carbocycles. The molecule has 0 radical (unpaired) electrons. The van der Waals surface area contributed by atoms with E-state index in [1.54, 1.807) is 0 Å². The van der Waals surface area contributed by atoms with Crippen molar-refractivity contribution in [2.24, 2.45) is 17.6 Å². The molecule has 154 valence electrons. The number of hydrogen-bond donors (Lipinski definition) is 1. The van der Waals surface area contributed by atoms with E-state index in [2.05, 4.69) is 4.90 Å². The van der Waals surface area contributed by atoms with Gasteiger partial charge >= 0.3 is 0 Å². The molecule has 1 heterocycles. The normalized spacial score (nSPS) is 18.9. The smallest absolute Gasteiger partial charge is 0.239 e. The average molecular weight is 388 g/mol. The molecule has 2 aliphatic rings. The summed E-state index contributed by atoms with van der Waals surface area (Å²) in [6.45, 7) is 8.83. The van der Waals surface area contributed by atoms with Crippen molar-refractivity contribution in [2.75, 3.05) is 39.3 Å². The highest BCUT2D eigenvalue weighted by atomic mass is 16.5. The van der Waals surface area contributed by atoms with E-state index in [-0.39, 0.29) is 23.5 Å². The highest BCUT2D eigenvalue weighted by molar-refractivity contribution is 5.99. The van der Waals surface area contributed by atoms with E-state index in [4.69, 9.17) is 10.5 Å². The van der Waals surface area contributed by atoms with Gasteiger partial charge < -0.3 is 15.4 Å². The van der Waals surface area contributed by atoms with Gasteiger partial charge in [-0.1, -0.05) is 13.8 Å². The van der Waals surface area contributed by atoms with Gasteiger partial charge in [0.05, 0.1) is 12.6 Å². The van der Waals surface area contributed by atoms with Crippen LogP contribution in [0.4, 0.5) is 0 Å². The molecular formula is C22H33N3O3. The van der Waals surface area contributed by atoms with Gasteiger partial charge in [-0.2, -0.15) is 0 Å². The molecule has 28 heavy (non-hydrogen) atoms. The third kappa shape index (κ3) is 5.55. The zero-order valence-electron chi connectivity index (χ0n) is 17.1. The summed E-state index contributed by atoms with van der Waals surface area (Å²) in [5.74, 6) is 1.57. The number of hydrogen-bond acceptors (Lipinski definition) is 5. The van der Waals surface area contributed by atoms with Crippen LogP contribution in [-0.4, -0.2) is 66.9 Å². The summed E-state index contributed by atoms with van der Waals surface area (Å²) >= 11 is 0. The number of amides is 1. The molecule has 0 aromatic heterocycles. The highest BCUT2D eigenvalue weighted by Crippen LogP contribution is 2.32. The van der Waals surface area contributed by atoms with Crippen LogP contribution in [0.3, 0.4) is 0 Å². The second-order valence-electron chi connectivity index (χ2n) is 8.30. The van der Waals surface area contributed by atoms with Crippen LogP contribution in [0.15, 0.2) is 24.3 Å². The number of nitrogens with zero attached hydrogens (tertiary/aromatic N) is 2. The number of benzene rings is 1. The molecule has 6 nitrogen and oxygen atoms in total.